The number of nitrogens with one attached hydrogen (secondary N) is 4. The van der Waals surface area contributed by atoms with E-state index in [9.17, 15) is 52.5 Å². The minimum atomic E-state index is -4.82. The Morgan fingerprint density at radius 2 is 0.545 bits per heavy atom. The molecule has 23 nitrogen and oxygen atoms in total. The molecule has 0 radical (unpaired) electrons. The summed E-state index contributed by atoms with van der Waals surface area (Å²) in [7, 11) is -9.64. The van der Waals surface area contributed by atoms with E-state index in [1.54, 1.807) is 0 Å². The Morgan fingerprint density at radius 3 is 0.809 bits per heavy atom. The van der Waals surface area contributed by atoms with Crippen molar-refractivity contribution in [3.8, 4) is 0 Å². The largest absolute Gasteiger partial charge is 1.00 e. The number of urea groups is 1. The van der Waals surface area contributed by atoms with Gasteiger partial charge in [0.15, 0.2) is 0 Å². The van der Waals surface area contributed by atoms with E-state index < -0.39 is 97.5 Å². The molecular weight excluding hydrogens is 1460 g/mol. The van der Waals surface area contributed by atoms with E-state index >= 15 is 0 Å². The summed E-state index contributed by atoms with van der Waals surface area (Å²) in [6, 6.07) is -2.89. The van der Waals surface area contributed by atoms with Gasteiger partial charge in [-0.1, -0.05) is 324 Å². The summed E-state index contributed by atoms with van der Waals surface area (Å²) in [5.41, 5.74) is 0. The molecule has 0 rings (SSSR count). The topological polar surface area (TPSA) is 316 Å². The van der Waals surface area contributed by atoms with Gasteiger partial charge in [0, 0.05) is 38.8 Å². The van der Waals surface area contributed by atoms with Crippen molar-refractivity contribution >= 4 is 57.4 Å². The first-order chi connectivity index (χ1) is 52.3. The number of hydrogen-bond donors (Lipinski definition) is 6. The zero-order valence-electron chi connectivity index (χ0n) is 73.2. The second-order valence-corrected chi connectivity index (χ2v) is 32.9. The number of rotatable bonds is 82. The first kappa shape index (κ1) is 112. The fourth-order valence-corrected chi connectivity index (χ4v) is 14.3. The minimum absolute atomic E-state index is 0. The smallest absolute Gasteiger partial charge is 1.00 e. The van der Waals surface area contributed by atoms with Gasteiger partial charge in [0.25, 0.3) is 0 Å². The SMILES string of the molecule is CCCCCCCCCCCCCC(=O)N[C@H](COC(=O)C[C@@H](CCCCCCC)OC(=O)CCCCCCCCCCC)COP(=O)(O)OCCNC(=O)NCCOP(=O)(O)OC[C@@H](COC(=O)C[C@@H](CCCCCCC)OC(=O)CCCCCCCCCCC)NC(=O)CCCCCCCCCCCCC.[H-].[H-].[Na+].[Na+]. The van der Waals surface area contributed by atoms with Crippen molar-refractivity contribution in [2.45, 2.75) is 438 Å². The molecule has 110 heavy (non-hydrogen) atoms. The standard InChI is InChI=1S/C83H160N4O19P2.2Na.2H/c1-7-13-19-25-29-33-35-39-41-47-53-59-77(88)86-73(69-99-81(92)67-75(57-51-45-23-17-11-5)105-79(90)61-55-49-43-37-31-27-21-15-9-3)71-103-107(95,96)101-65-63-84-83(94)85-64-66-102-108(97,98)104-72-74(87-78(89)60-54-48-42-40-36-34-30-26-20-14-8-2)70-100-82(93)68-76(58-52-46-24-18-12-6)106-80(91)62-56-50-44-38-32-28-22-16-10-4;;;;/h73-76H,7-72H2,1-6H3,(H,86,88)(H,87,89)(H,95,96)(H,97,98)(H2,84,85,94);;;;/q;2*+1;2*-1/t73-,74-,75-,76-;;;;/m1..../s1. The van der Waals surface area contributed by atoms with Crippen LogP contribution in [0.4, 0.5) is 4.79 Å². The Labute approximate surface area is 715 Å². The predicted octanol–water partition coefficient (Wildman–Crippen LogP) is 15.4. The number of carbonyl (C=O) groups is 7. The first-order valence-corrected chi connectivity index (χ1v) is 46.8. The molecule has 0 fully saturated rings. The summed E-state index contributed by atoms with van der Waals surface area (Å²) >= 11 is 0. The van der Waals surface area contributed by atoms with Gasteiger partial charge >= 0.3 is 105 Å². The molecule has 6 N–H and O–H groups in total. The Morgan fingerprint density at radius 1 is 0.309 bits per heavy atom. The number of amides is 4. The zero-order chi connectivity index (χ0) is 79.5. The molecule has 0 bridgehead atoms. The number of unbranched alkanes of at least 4 members (excludes halogenated alkanes) is 44. The van der Waals surface area contributed by atoms with Gasteiger partial charge in [0.05, 0.1) is 51.4 Å². The van der Waals surface area contributed by atoms with Gasteiger partial charge in [0.1, 0.15) is 25.4 Å². The van der Waals surface area contributed by atoms with Crippen molar-refractivity contribution in [3.63, 3.8) is 0 Å². The molecule has 0 aromatic heterocycles. The molecule has 0 heterocycles. The van der Waals surface area contributed by atoms with Gasteiger partial charge in [-0.25, -0.2) is 13.9 Å². The van der Waals surface area contributed by atoms with Crippen LogP contribution in [0.5, 0.6) is 0 Å². The number of esters is 4. The summed E-state index contributed by atoms with van der Waals surface area (Å²) in [5, 5.41) is 10.4. The monoisotopic (exact) mass is 1630 g/mol. The molecule has 27 heteroatoms. The second-order valence-electron chi connectivity index (χ2n) is 30.0. The van der Waals surface area contributed by atoms with E-state index in [1.165, 1.54) is 141 Å². The molecule has 0 aromatic carbocycles. The minimum Gasteiger partial charge on any atom is -1.00 e. The van der Waals surface area contributed by atoms with E-state index in [1.807, 2.05) is 0 Å². The summed E-state index contributed by atoms with van der Waals surface area (Å²) in [4.78, 5) is 114. The fourth-order valence-electron chi connectivity index (χ4n) is 12.8. The first-order valence-electron chi connectivity index (χ1n) is 43.9. The van der Waals surface area contributed by atoms with Crippen LogP contribution >= 0.6 is 15.6 Å². The van der Waals surface area contributed by atoms with Crippen molar-refractivity contribution in [2.24, 2.45) is 0 Å². The Balaban J connectivity index is -0.00000954. The number of ether oxygens (including phenoxy) is 4. The van der Waals surface area contributed by atoms with Crippen molar-refractivity contribution in [2.75, 3.05) is 52.7 Å². The van der Waals surface area contributed by atoms with Crippen LogP contribution in [-0.2, 0) is 74.9 Å². The molecule has 640 valence electrons. The van der Waals surface area contributed by atoms with Gasteiger partial charge in [-0.15, -0.1) is 0 Å². The van der Waals surface area contributed by atoms with E-state index in [4.69, 9.17) is 37.0 Å². The van der Waals surface area contributed by atoms with Crippen LogP contribution in [0.15, 0.2) is 0 Å². The van der Waals surface area contributed by atoms with E-state index in [-0.39, 0.29) is 137 Å². The van der Waals surface area contributed by atoms with Crippen molar-refractivity contribution in [3.05, 3.63) is 0 Å². The normalized spacial score (nSPS) is 13.5. The third kappa shape index (κ3) is 78.8. The molecule has 0 aliphatic heterocycles. The molecule has 0 saturated carbocycles. The maximum Gasteiger partial charge on any atom is 1.00 e. The molecule has 0 saturated heterocycles. The maximum absolute atomic E-state index is 13.4. The van der Waals surface area contributed by atoms with Crippen molar-refractivity contribution < 1.29 is 151 Å². The molecule has 0 spiro atoms. The molecule has 6 atom stereocenters. The Bertz CT molecular complexity index is 2150. The van der Waals surface area contributed by atoms with Crippen LogP contribution in [0.2, 0.25) is 0 Å². The summed E-state index contributed by atoms with van der Waals surface area (Å²) < 4.78 is 70.2. The second kappa shape index (κ2) is 82.4. The van der Waals surface area contributed by atoms with Gasteiger partial charge < -0.3 is 52.9 Å². The average Bonchev–Trinajstić information content (AvgIpc) is 0.911. The van der Waals surface area contributed by atoms with Gasteiger partial charge in [-0.05, 0) is 51.4 Å². The predicted molar refractivity (Wildman–Crippen MR) is 434 cm³/mol. The Hall–Kier alpha value is -1.69. The zero-order valence-corrected chi connectivity index (χ0v) is 77.0. The van der Waals surface area contributed by atoms with Gasteiger partial charge in [-0.2, -0.15) is 0 Å². The fraction of sp³-hybridized carbons (Fsp3) is 0.916. The van der Waals surface area contributed by atoms with E-state index in [0.717, 1.165) is 154 Å². The molecule has 2 unspecified atom stereocenters. The van der Waals surface area contributed by atoms with Crippen LogP contribution in [0, 0.1) is 0 Å². The third-order valence-corrected chi connectivity index (χ3v) is 21.4. The van der Waals surface area contributed by atoms with Gasteiger partial charge in [0.2, 0.25) is 11.8 Å². The molecule has 4 amide bonds. The third-order valence-electron chi connectivity index (χ3n) is 19.4. The van der Waals surface area contributed by atoms with Crippen LogP contribution in [0.25, 0.3) is 0 Å². The summed E-state index contributed by atoms with van der Waals surface area (Å²) in [5.74, 6) is -2.74. The van der Waals surface area contributed by atoms with Gasteiger partial charge in [-0.3, -0.25) is 46.9 Å². The van der Waals surface area contributed by atoms with Crippen molar-refractivity contribution in [1.29, 1.82) is 0 Å². The Kier molecular flexibility index (Phi) is 84.3. The van der Waals surface area contributed by atoms with E-state index in [0.29, 0.717) is 38.5 Å². The van der Waals surface area contributed by atoms with Crippen LogP contribution < -0.4 is 80.4 Å². The number of phosphoric ester groups is 2. The average molecular weight is 1630 g/mol. The molecule has 0 aromatic rings. The number of hydrogen-bond acceptors (Lipinski definition) is 17. The van der Waals surface area contributed by atoms with E-state index in [2.05, 4.69) is 62.8 Å². The van der Waals surface area contributed by atoms with Crippen molar-refractivity contribution in [1.82, 2.24) is 21.3 Å². The summed E-state index contributed by atoms with van der Waals surface area (Å²) in [6.07, 6.45) is 54.1. The van der Waals surface area contributed by atoms with Crippen LogP contribution in [0.1, 0.15) is 417 Å². The number of phosphoric acid groups is 2. The van der Waals surface area contributed by atoms with Crippen LogP contribution in [-0.4, -0.2) is 129 Å². The molecule has 0 aliphatic rings. The summed E-state index contributed by atoms with van der Waals surface area (Å²) in [6.45, 7) is 9.54. The molecular formula is C83H162N4Na2O19P2. The quantitative estimate of drug-likeness (QED) is 0.0108. The number of carbonyl (C=O) groups excluding carboxylic acids is 7. The van der Waals surface area contributed by atoms with Crippen LogP contribution in [0.3, 0.4) is 0 Å². The maximum atomic E-state index is 13.4. The molecule has 0 aliphatic carbocycles.